The molecule has 3 nitrogen and oxygen atoms in total. The molecule has 1 atom stereocenters. The number of hydrogen-bond acceptors (Lipinski definition) is 2. The second kappa shape index (κ2) is 5.16. The van der Waals surface area contributed by atoms with E-state index >= 15 is 0 Å². The van der Waals surface area contributed by atoms with E-state index in [4.69, 9.17) is 17.3 Å². The SMILES string of the molecule is C=C(Cl)CNC(=O)[C@H](N)CC. The summed E-state index contributed by atoms with van der Waals surface area (Å²) in [6.07, 6.45) is 0.626. The van der Waals surface area contributed by atoms with Gasteiger partial charge in [-0.15, -0.1) is 0 Å². The Morgan fingerprint density at radius 3 is 2.73 bits per heavy atom. The predicted molar refractivity (Wildman–Crippen MR) is 46.3 cm³/mol. The molecular formula is C7H13ClN2O. The molecule has 0 unspecified atom stereocenters. The molecule has 64 valence electrons. The van der Waals surface area contributed by atoms with E-state index < -0.39 is 6.04 Å². The third-order valence-corrected chi connectivity index (χ3v) is 1.36. The first-order chi connectivity index (χ1) is 5.07. The first-order valence-electron chi connectivity index (χ1n) is 3.44. The summed E-state index contributed by atoms with van der Waals surface area (Å²) in [5.74, 6) is -0.186. The third kappa shape index (κ3) is 4.81. The normalized spacial score (nSPS) is 12.3. The van der Waals surface area contributed by atoms with Gasteiger partial charge in [0.05, 0.1) is 12.6 Å². The monoisotopic (exact) mass is 176 g/mol. The Kier molecular flexibility index (Phi) is 4.90. The van der Waals surface area contributed by atoms with E-state index in [0.29, 0.717) is 11.5 Å². The van der Waals surface area contributed by atoms with E-state index in [1.165, 1.54) is 0 Å². The summed E-state index contributed by atoms with van der Waals surface area (Å²) in [5, 5.41) is 2.94. The van der Waals surface area contributed by atoms with Crippen molar-refractivity contribution >= 4 is 17.5 Å². The van der Waals surface area contributed by atoms with Crippen LogP contribution >= 0.6 is 11.6 Å². The van der Waals surface area contributed by atoms with Gasteiger partial charge in [0.2, 0.25) is 5.91 Å². The van der Waals surface area contributed by atoms with Gasteiger partial charge >= 0.3 is 0 Å². The first-order valence-corrected chi connectivity index (χ1v) is 3.82. The van der Waals surface area contributed by atoms with E-state index in [0.717, 1.165) is 0 Å². The summed E-state index contributed by atoms with van der Waals surface area (Å²) in [5.41, 5.74) is 5.42. The molecule has 4 heteroatoms. The molecule has 0 aromatic carbocycles. The number of carbonyl (C=O) groups is 1. The minimum absolute atomic E-state index is 0.186. The van der Waals surface area contributed by atoms with Gasteiger partial charge in [0.1, 0.15) is 0 Å². The molecule has 0 fully saturated rings. The maximum atomic E-state index is 10.9. The number of rotatable bonds is 4. The Labute approximate surface area is 71.6 Å². The van der Waals surface area contributed by atoms with Crippen molar-refractivity contribution in [3.05, 3.63) is 11.6 Å². The zero-order valence-corrected chi connectivity index (χ0v) is 7.32. The molecule has 0 aliphatic heterocycles. The van der Waals surface area contributed by atoms with Crippen LogP contribution in [0.5, 0.6) is 0 Å². The molecule has 0 rings (SSSR count). The third-order valence-electron chi connectivity index (χ3n) is 1.23. The van der Waals surface area contributed by atoms with Crippen LogP contribution in [0.2, 0.25) is 0 Å². The zero-order valence-electron chi connectivity index (χ0n) is 6.56. The van der Waals surface area contributed by atoms with Gasteiger partial charge < -0.3 is 11.1 Å². The fraction of sp³-hybridized carbons (Fsp3) is 0.571. The lowest BCUT2D eigenvalue weighted by Crippen LogP contribution is -2.40. The summed E-state index contributed by atoms with van der Waals surface area (Å²) in [6, 6.07) is -0.439. The maximum absolute atomic E-state index is 10.9. The number of amides is 1. The first kappa shape index (κ1) is 10.5. The maximum Gasteiger partial charge on any atom is 0.237 e. The molecule has 3 N–H and O–H groups in total. The van der Waals surface area contributed by atoms with Crippen molar-refractivity contribution in [2.45, 2.75) is 19.4 Å². The molecule has 0 saturated heterocycles. The Morgan fingerprint density at radius 1 is 1.82 bits per heavy atom. The number of nitrogens with one attached hydrogen (secondary N) is 1. The molecule has 0 aliphatic rings. The van der Waals surface area contributed by atoms with Crippen molar-refractivity contribution in [2.24, 2.45) is 5.73 Å². The highest BCUT2D eigenvalue weighted by atomic mass is 35.5. The van der Waals surface area contributed by atoms with Gasteiger partial charge in [-0.3, -0.25) is 4.79 Å². The van der Waals surface area contributed by atoms with Crippen molar-refractivity contribution in [1.29, 1.82) is 0 Å². The van der Waals surface area contributed by atoms with Gasteiger partial charge in [-0.25, -0.2) is 0 Å². The Morgan fingerprint density at radius 2 is 2.36 bits per heavy atom. The van der Waals surface area contributed by atoms with E-state index in [1.54, 1.807) is 0 Å². The van der Waals surface area contributed by atoms with Gasteiger partial charge in [-0.05, 0) is 6.42 Å². The van der Waals surface area contributed by atoms with Crippen molar-refractivity contribution in [3.63, 3.8) is 0 Å². The second-order valence-electron chi connectivity index (χ2n) is 2.25. The topological polar surface area (TPSA) is 55.1 Å². The van der Waals surface area contributed by atoms with Gasteiger partial charge in [0.25, 0.3) is 0 Å². The summed E-state index contributed by atoms with van der Waals surface area (Å²) in [6.45, 7) is 5.55. The van der Waals surface area contributed by atoms with Crippen LogP contribution in [0, 0.1) is 0 Å². The van der Waals surface area contributed by atoms with Gasteiger partial charge in [-0.1, -0.05) is 25.1 Å². The van der Waals surface area contributed by atoms with Crippen molar-refractivity contribution < 1.29 is 4.79 Å². The lowest BCUT2D eigenvalue weighted by atomic mass is 10.2. The van der Waals surface area contributed by atoms with Crippen LogP contribution in [0.1, 0.15) is 13.3 Å². The largest absolute Gasteiger partial charge is 0.350 e. The lowest BCUT2D eigenvalue weighted by Gasteiger charge is -2.08. The number of halogens is 1. The van der Waals surface area contributed by atoms with Crippen LogP contribution in [0.3, 0.4) is 0 Å². The summed E-state index contributed by atoms with van der Waals surface area (Å²) >= 11 is 5.42. The molecule has 0 spiro atoms. The molecule has 0 heterocycles. The van der Waals surface area contributed by atoms with E-state index in [-0.39, 0.29) is 12.5 Å². The van der Waals surface area contributed by atoms with Crippen molar-refractivity contribution in [1.82, 2.24) is 5.32 Å². The highest BCUT2D eigenvalue weighted by Gasteiger charge is 2.09. The molecule has 1 amide bonds. The molecule has 0 saturated carbocycles. The average Bonchev–Trinajstić information content (AvgIpc) is 1.98. The van der Waals surface area contributed by atoms with Gasteiger partial charge in [0.15, 0.2) is 0 Å². The summed E-state index contributed by atoms with van der Waals surface area (Å²) in [4.78, 5) is 10.9. The van der Waals surface area contributed by atoms with Crippen LogP contribution in [0.15, 0.2) is 11.6 Å². The Hall–Kier alpha value is -0.540. The fourth-order valence-corrected chi connectivity index (χ4v) is 0.566. The van der Waals surface area contributed by atoms with Crippen molar-refractivity contribution in [2.75, 3.05) is 6.54 Å². The van der Waals surface area contributed by atoms with Crippen LogP contribution in [-0.4, -0.2) is 18.5 Å². The van der Waals surface area contributed by atoms with Crippen LogP contribution in [0.4, 0.5) is 0 Å². The van der Waals surface area contributed by atoms with Crippen LogP contribution in [-0.2, 0) is 4.79 Å². The minimum Gasteiger partial charge on any atom is -0.350 e. The fourth-order valence-electron chi connectivity index (χ4n) is 0.500. The molecular weight excluding hydrogens is 164 g/mol. The van der Waals surface area contributed by atoms with E-state index in [9.17, 15) is 4.79 Å². The smallest absolute Gasteiger partial charge is 0.237 e. The summed E-state index contributed by atoms with van der Waals surface area (Å²) < 4.78 is 0. The average molecular weight is 177 g/mol. The predicted octanol–water partition coefficient (Wildman–Crippen LogP) is 0.592. The number of carbonyl (C=O) groups excluding carboxylic acids is 1. The van der Waals surface area contributed by atoms with Crippen LogP contribution < -0.4 is 11.1 Å². The number of hydrogen-bond donors (Lipinski definition) is 2. The number of nitrogens with two attached hydrogens (primary N) is 1. The highest BCUT2D eigenvalue weighted by Crippen LogP contribution is 1.93. The lowest BCUT2D eigenvalue weighted by molar-refractivity contribution is -0.122. The van der Waals surface area contributed by atoms with E-state index in [2.05, 4.69) is 11.9 Å². The van der Waals surface area contributed by atoms with Gasteiger partial charge in [0, 0.05) is 5.03 Å². The Bertz CT molecular complexity index is 159. The van der Waals surface area contributed by atoms with E-state index in [1.807, 2.05) is 6.92 Å². The molecule has 0 bridgehead atoms. The summed E-state index contributed by atoms with van der Waals surface area (Å²) in [7, 11) is 0. The molecule has 0 aliphatic carbocycles. The quantitative estimate of drug-likeness (QED) is 0.659. The standard InChI is InChI=1S/C7H13ClN2O/c1-3-6(9)7(11)10-4-5(2)8/h6H,2-4,9H2,1H3,(H,10,11)/t6-/m1/s1. The second-order valence-corrected chi connectivity index (χ2v) is 2.78. The molecule has 0 aromatic rings. The molecule has 0 aromatic heterocycles. The molecule has 11 heavy (non-hydrogen) atoms. The highest BCUT2D eigenvalue weighted by molar-refractivity contribution is 6.29. The van der Waals surface area contributed by atoms with Gasteiger partial charge in [-0.2, -0.15) is 0 Å². The Balaban J connectivity index is 3.60. The molecule has 0 radical (unpaired) electrons. The zero-order chi connectivity index (χ0) is 8.85. The van der Waals surface area contributed by atoms with Crippen LogP contribution in [0.25, 0.3) is 0 Å². The van der Waals surface area contributed by atoms with Crippen molar-refractivity contribution in [3.8, 4) is 0 Å². The minimum atomic E-state index is -0.439.